The Kier molecular flexibility index (Phi) is 7.37. The molecular weight excluding hydrogens is 577 g/mol. The van der Waals surface area contributed by atoms with Gasteiger partial charge in [-0.2, -0.15) is 28.1 Å². The number of carbonyl (C=O) groups excluding carboxylic acids is 1. The number of aromatic nitrogens is 6. The summed E-state index contributed by atoms with van der Waals surface area (Å²) in [5.74, 6) is -0.583. The van der Waals surface area contributed by atoms with E-state index in [4.69, 9.17) is 15.6 Å². The van der Waals surface area contributed by atoms with Gasteiger partial charge in [0.2, 0.25) is 0 Å². The minimum atomic E-state index is -4.53. The Morgan fingerprint density at radius 1 is 1.07 bits per heavy atom. The lowest BCUT2D eigenvalue weighted by Gasteiger charge is -2.14. The molecule has 44 heavy (non-hydrogen) atoms. The molecular formula is C30H27F3N8O3. The fourth-order valence-corrected chi connectivity index (χ4v) is 5.00. The van der Waals surface area contributed by atoms with Gasteiger partial charge in [0.1, 0.15) is 23.4 Å². The van der Waals surface area contributed by atoms with E-state index in [0.29, 0.717) is 46.9 Å². The number of anilines is 2. The fraction of sp³-hybridized carbons (Fsp3) is 0.267. The summed E-state index contributed by atoms with van der Waals surface area (Å²) >= 11 is 0. The first-order chi connectivity index (χ1) is 21.0. The summed E-state index contributed by atoms with van der Waals surface area (Å²) in [4.78, 5) is 35.2. The van der Waals surface area contributed by atoms with Gasteiger partial charge in [-0.05, 0) is 54.8 Å². The molecule has 0 spiro atoms. The van der Waals surface area contributed by atoms with Gasteiger partial charge in [-0.1, -0.05) is 26.0 Å². The Morgan fingerprint density at radius 3 is 2.43 bits per heavy atom. The number of amides is 1. The summed E-state index contributed by atoms with van der Waals surface area (Å²) in [7, 11) is 0. The summed E-state index contributed by atoms with van der Waals surface area (Å²) in [6.45, 7) is 4.79. The number of nitrogens with one attached hydrogen (secondary N) is 1. The van der Waals surface area contributed by atoms with Crippen LogP contribution in [-0.4, -0.2) is 48.6 Å². The molecule has 1 unspecified atom stereocenters. The lowest BCUT2D eigenvalue weighted by molar-refractivity contribution is -0.137. The number of rotatable bonds is 6. The zero-order valence-corrected chi connectivity index (χ0v) is 23.7. The largest absolute Gasteiger partial charge is 0.416 e. The van der Waals surface area contributed by atoms with Crippen molar-refractivity contribution in [3.63, 3.8) is 0 Å². The molecule has 2 aromatic carbocycles. The third-order valence-electron chi connectivity index (χ3n) is 7.39. The second kappa shape index (κ2) is 11.2. The predicted molar refractivity (Wildman–Crippen MR) is 157 cm³/mol. The monoisotopic (exact) mass is 604 g/mol. The molecule has 1 amide bonds. The van der Waals surface area contributed by atoms with E-state index < -0.39 is 23.2 Å². The first-order valence-electron chi connectivity index (χ1n) is 13.8. The lowest BCUT2D eigenvalue weighted by atomic mass is 10.1. The molecule has 3 N–H and O–H groups in total. The third-order valence-corrected chi connectivity index (χ3v) is 7.39. The highest BCUT2D eigenvalue weighted by Crippen LogP contribution is 2.34. The third kappa shape index (κ3) is 5.39. The van der Waals surface area contributed by atoms with Crippen LogP contribution in [0.4, 0.5) is 24.7 Å². The van der Waals surface area contributed by atoms with Gasteiger partial charge in [0.15, 0.2) is 5.65 Å². The zero-order chi connectivity index (χ0) is 31.2. The molecule has 11 nitrogen and oxygen atoms in total. The molecule has 0 aliphatic carbocycles. The van der Waals surface area contributed by atoms with Gasteiger partial charge in [0.25, 0.3) is 11.5 Å². The van der Waals surface area contributed by atoms with Gasteiger partial charge >= 0.3 is 6.18 Å². The van der Waals surface area contributed by atoms with E-state index in [2.05, 4.69) is 20.4 Å². The minimum absolute atomic E-state index is 0.0156. The molecule has 14 heteroatoms. The molecule has 6 rings (SSSR count). The van der Waals surface area contributed by atoms with Crippen LogP contribution < -0.4 is 16.6 Å². The first-order valence-corrected chi connectivity index (χ1v) is 13.8. The molecule has 3 aromatic heterocycles. The van der Waals surface area contributed by atoms with E-state index in [0.717, 1.165) is 35.4 Å². The van der Waals surface area contributed by atoms with E-state index >= 15 is 0 Å². The highest BCUT2D eigenvalue weighted by molar-refractivity contribution is 6.04. The number of hydrogen-bond donors (Lipinski definition) is 2. The Morgan fingerprint density at radius 2 is 1.80 bits per heavy atom. The van der Waals surface area contributed by atoms with Crippen molar-refractivity contribution in [1.82, 2.24) is 29.5 Å². The van der Waals surface area contributed by atoms with Crippen molar-refractivity contribution in [2.45, 2.75) is 38.4 Å². The van der Waals surface area contributed by atoms with E-state index in [1.54, 1.807) is 24.3 Å². The molecule has 0 radical (unpaired) electrons. The number of halogens is 3. The zero-order valence-electron chi connectivity index (χ0n) is 23.7. The van der Waals surface area contributed by atoms with Crippen LogP contribution in [0.25, 0.3) is 28.0 Å². The normalized spacial score (nSPS) is 15.3. The number of benzene rings is 2. The summed E-state index contributed by atoms with van der Waals surface area (Å²) in [5, 5.41) is 12.4. The number of ether oxygens (including phenoxy) is 1. The first kappa shape index (κ1) is 29.0. The second-order valence-corrected chi connectivity index (χ2v) is 10.7. The molecule has 0 bridgehead atoms. The van der Waals surface area contributed by atoms with Gasteiger partial charge in [-0.15, -0.1) is 0 Å². The van der Waals surface area contributed by atoms with Crippen molar-refractivity contribution in [3.8, 4) is 16.9 Å². The smallest absolute Gasteiger partial charge is 0.383 e. The topological polar surface area (TPSA) is 143 Å². The van der Waals surface area contributed by atoms with Gasteiger partial charge in [0, 0.05) is 17.9 Å². The molecule has 226 valence electrons. The fourth-order valence-electron chi connectivity index (χ4n) is 5.00. The van der Waals surface area contributed by atoms with Crippen LogP contribution in [0.2, 0.25) is 0 Å². The Bertz CT molecular complexity index is 1910. The Labute approximate surface area is 248 Å². The van der Waals surface area contributed by atoms with Crippen LogP contribution in [0.1, 0.15) is 53.8 Å². The standard InChI is InChI=1S/C30H27F3N8O3/c1-16(2)23-13-22(29(43)41(38-23)20-9-5-18(6-10-20)30(31,32)33)28(42)37-19-7-3-17(4-8-19)25-24-26(34)35-15-36-27(24)40(39-25)21-11-12-44-14-21/h3-10,13,15-16,21H,11-12,14H2,1-2H3,(H,37,42)(H2,34,35,36). The molecule has 4 heterocycles. The molecule has 1 atom stereocenters. The van der Waals surface area contributed by atoms with Crippen LogP contribution in [0.15, 0.2) is 65.7 Å². The van der Waals surface area contributed by atoms with Crippen LogP contribution in [0.3, 0.4) is 0 Å². The average Bonchev–Trinajstić information content (AvgIpc) is 3.66. The van der Waals surface area contributed by atoms with Gasteiger partial charge < -0.3 is 15.8 Å². The summed E-state index contributed by atoms with van der Waals surface area (Å²) in [5.41, 5.74) is 7.19. The number of carbonyl (C=O) groups is 1. The van der Waals surface area contributed by atoms with Crippen molar-refractivity contribution >= 4 is 28.4 Å². The van der Waals surface area contributed by atoms with E-state index in [-0.39, 0.29) is 29.0 Å². The number of nitrogen functional groups attached to an aromatic ring is 1. The van der Waals surface area contributed by atoms with Crippen molar-refractivity contribution in [2.24, 2.45) is 0 Å². The van der Waals surface area contributed by atoms with Crippen LogP contribution in [-0.2, 0) is 10.9 Å². The van der Waals surface area contributed by atoms with Crippen LogP contribution in [0, 0.1) is 0 Å². The van der Waals surface area contributed by atoms with Gasteiger partial charge in [-0.25, -0.2) is 14.6 Å². The molecule has 5 aromatic rings. The number of nitrogens with zero attached hydrogens (tertiary/aromatic N) is 6. The van der Waals surface area contributed by atoms with E-state index in [1.807, 2.05) is 18.5 Å². The van der Waals surface area contributed by atoms with Crippen molar-refractivity contribution in [3.05, 3.63) is 88.1 Å². The maximum absolute atomic E-state index is 13.3. The highest BCUT2D eigenvalue weighted by atomic mass is 19.4. The molecule has 1 fully saturated rings. The van der Waals surface area contributed by atoms with Crippen molar-refractivity contribution in [1.29, 1.82) is 0 Å². The number of nitrogens with two attached hydrogens (primary N) is 1. The maximum atomic E-state index is 13.3. The van der Waals surface area contributed by atoms with Gasteiger partial charge in [-0.3, -0.25) is 9.59 Å². The van der Waals surface area contributed by atoms with Crippen LogP contribution >= 0.6 is 0 Å². The number of hydrogen-bond acceptors (Lipinski definition) is 8. The number of alkyl halides is 3. The summed E-state index contributed by atoms with van der Waals surface area (Å²) in [6.07, 6.45) is -2.35. The molecule has 1 aliphatic heterocycles. The number of fused-ring (bicyclic) bond motifs is 1. The summed E-state index contributed by atoms with van der Waals surface area (Å²) < 4.78 is 47.5. The van der Waals surface area contributed by atoms with E-state index in [1.165, 1.54) is 12.4 Å². The minimum Gasteiger partial charge on any atom is -0.383 e. The summed E-state index contributed by atoms with van der Waals surface area (Å²) in [6, 6.07) is 12.3. The Balaban J connectivity index is 1.30. The quantitative estimate of drug-likeness (QED) is 0.276. The predicted octanol–water partition coefficient (Wildman–Crippen LogP) is 4.98. The highest BCUT2D eigenvalue weighted by Gasteiger charge is 2.30. The molecule has 1 aliphatic rings. The lowest BCUT2D eigenvalue weighted by Crippen LogP contribution is -2.31. The van der Waals surface area contributed by atoms with Crippen LogP contribution in [0.5, 0.6) is 0 Å². The van der Waals surface area contributed by atoms with E-state index in [9.17, 15) is 22.8 Å². The van der Waals surface area contributed by atoms with Gasteiger partial charge in [0.05, 0.1) is 35.0 Å². The molecule has 1 saturated heterocycles. The SMILES string of the molecule is CC(C)c1cc(C(=O)Nc2ccc(-c3nn(C4CCOC4)c4ncnc(N)c34)cc2)c(=O)n(-c2ccc(C(F)(F)F)cc2)n1. The van der Waals surface area contributed by atoms with Crippen molar-refractivity contribution < 1.29 is 22.7 Å². The maximum Gasteiger partial charge on any atom is 0.416 e. The average molecular weight is 605 g/mol. The van der Waals surface area contributed by atoms with Crippen molar-refractivity contribution in [2.75, 3.05) is 24.3 Å². The Hall–Kier alpha value is -5.11. The molecule has 0 saturated carbocycles. The second-order valence-electron chi connectivity index (χ2n) is 10.7.